The second-order valence-electron chi connectivity index (χ2n) is 7.77. The van der Waals surface area contributed by atoms with Crippen LogP contribution < -0.4 is 5.32 Å². The van der Waals surface area contributed by atoms with Crippen LogP contribution in [-0.4, -0.2) is 68.2 Å². The third-order valence-corrected chi connectivity index (χ3v) is 5.89. The molecule has 5 heteroatoms. The van der Waals surface area contributed by atoms with Gasteiger partial charge in [0.25, 0.3) is 0 Å². The molecule has 2 fully saturated rings. The molecule has 0 unspecified atom stereocenters. The van der Waals surface area contributed by atoms with Gasteiger partial charge in [-0.15, -0.1) is 0 Å². The molecular formula is C21H34N4O. The van der Waals surface area contributed by atoms with E-state index in [-0.39, 0.29) is 5.54 Å². The zero-order chi connectivity index (χ0) is 18.4. The Hall–Kier alpha value is -1.59. The molecule has 26 heavy (non-hydrogen) atoms. The monoisotopic (exact) mass is 358 g/mol. The fourth-order valence-corrected chi connectivity index (χ4v) is 4.22. The van der Waals surface area contributed by atoms with Gasteiger partial charge in [-0.3, -0.25) is 9.89 Å². The van der Waals surface area contributed by atoms with Crippen LogP contribution in [0.5, 0.6) is 0 Å². The average molecular weight is 359 g/mol. The molecule has 0 amide bonds. The number of ether oxygens (including phenoxy) is 1. The fourth-order valence-electron chi connectivity index (χ4n) is 4.22. The van der Waals surface area contributed by atoms with Gasteiger partial charge in [-0.2, -0.15) is 0 Å². The Bertz CT molecular complexity index is 587. The summed E-state index contributed by atoms with van der Waals surface area (Å²) >= 11 is 0. The van der Waals surface area contributed by atoms with Crippen LogP contribution in [0.4, 0.5) is 0 Å². The maximum Gasteiger partial charge on any atom is 0.193 e. The maximum absolute atomic E-state index is 5.66. The number of hydrogen-bond donors (Lipinski definition) is 1. The Morgan fingerprint density at radius 3 is 2.46 bits per heavy atom. The summed E-state index contributed by atoms with van der Waals surface area (Å²) in [4.78, 5) is 9.43. The summed E-state index contributed by atoms with van der Waals surface area (Å²) in [6, 6.07) is 8.74. The number of likely N-dealkylation sites (tertiary alicyclic amines) is 1. The molecule has 0 spiro atoms. The predicted octanol–water partition coefficient (Wildman–Crippen LogP) is 2.65. The Morgan fingerprint density at radius 2 is 1.85 bits per heavy atom. The van der Waals surface area contributed by atoms with E-state index in [1.807, 2.05) is 7.05 Å². The number of aliphatic imine (C=N–C) groups is 1. The molecule has 144 valence electrons. The molecule has 0 radical (unpaired) electrons. The molecule has 2 heterocycles. The van der Waals surface area contributed by atoms with Crippen LogP contribution in [0.15, 0.2) is 29.3 Å². The van der Waals surface area contributed by atoms with Gasteiger partial charge in [0.2, 0.25) is 0 Å². The van der Waals surface area contributed by atoms with E-state index in [4.69, 9.17) is 4.74 Å². The highest BCUT2D eigenvalue weighted by molar-refractivity contribution is 5.79. The summed E-state index contributed by atoms with van der Waals surface area (Å²) in [5, 5.41) is 3.67. The molecule has 1 aromatic rings. The smallest absolute Gasteiger partial charge is 0.193 e. The molecule has 2 aliphatic rings. The Kier molecular flexibility index (Phi) is 6.54. The van der Waals surface area contributed by atoms with Gasteiger partial charge in [-0.05, 0) is 51.3 Å². The second kappa shape index (κ2) is 8.87. The van der Waals surface area contributed by atoms with Crippen molar-refractivity contribution in [3.8, 4) is 0 Å². The van der Waals surface area contributed by atoms with Crippen LogP contribution in [0.25, 0.3) is 0 Å². The molecule has 0 saturated carbocycles. The van der Waals surface area contributed by atoms with E-state index in [9.17, 15) is 0 Å². The van der Waals surface area contributed by atoms with Gasteiger partial charge in [0, 0.05) is 45.9 Å². The molecule has 1 N–H and O–H groups in total. The first kappa shape index (κ1) is 19.2. The van der Waals surface area contributed by atoms with Gasteiger partial charge in [0.15, 0.2) is 5.96 Å². The minimum atomic E-state index is 0.218. The van der Waals surface area contributed by atoms with Gasteiger partial charge in [-0.25, -0.2) is 0 Å². The van der Waals surface area contributed by atoms with Crippen molar-refractivity contribution in [2.75, 3.05) is 46.9 Å². The normalized spacial score (nSPS) is 21.0. The van der Waals surface area contributed by atoms with E-state index in [0.717, 1.165) is 45.1 Å². The van der Waals surface area contributed by atoms with Crippen molar-refractivity contribution in [1.82, 2.24) is 15.1 Å². The van der Waals surface area contributed by atoms with Crippen LogP contribution in [0.1, 0.15) is 36.8 Å². The minimum absolute atomic E-state index is 0.218. The van der Waals surface area contributed by atoms with Crippen LogP contribution in [0, 0.1) is 6.92 Å². The minimum Gasteiger partial charge on any atom is -0.381 e. The van der Waals surface area contributed by atoms with Crippen molar-refractivity contribution in [3.63, 3.8) is 0 Å². The van der Waals surface area contributed by atoms with E-state index in [0.29, 0.717) is 0 Å². The summed E-state index contributed by atoms with van der Waals surface area (Å²) in [6.45, 7) is 8.12. The quantitative estimate of drug-likeness (QED) is 0.649. The standard InChI is InChI=1S/C21H34N4O/c1-18-6-8-19(9-7-18)16-24(3)20(22-2)23-17-21(10-14-26-15-11-21)25-12-4-5-13-25/h6-9H,4-5,10-17H2,1-3H3,(H,22,23). The highest BCUT2D eigenvalue weighted by atomic mass is 16.5. The van der Waals surface area contributed by atoms with Crippen molar-refractivity contribution in [1.29, 1.82) is 0 Å². The molecule has 3 rings (SSSR count). The number of rotatable bonds is 5. The van der Waals surface area contributed by atoms with Gasteiger partial charge in [-0.1, -0.05) is 29.8 Å². The highest BCUT2D eigenvalue weighted by Crippen LogP contribution is 2.30. The Morgan fingerprint density at radius 1 is 1.19 bits per heavy atom. The molecule has 0 atom stereocenters. The summed E-state index contributed by atoms with van der Waals surface area (Å²) in [5.74, 6) is 0.968. The number of nitrogens with zero attached hydrogens (tertiary/aromatic N) is 3. The lowest BCUT2D eigenvalue weighted by atomic mass is 9.88. The molecular weight excluding hydrogens is 324 g/mol. The van der Waals surface area contributed by atoms with E-state index in [1.54, 1.807) is 0 Å². The summed E-state index contributed by atoms with van der Waals surface area (Å²) in [6.07, 6.45) is 4.87. The molecule has 2 aliphatic heterocycles. The molecule has 1 aromatic carbocycles. The molecule has 2 saturated heterocycles. The van der Waals surface area contributed by atoms with Crippen LogP contribution in [0.3, 0.4) is 0 Å². The van der Waals surface area contributed by atoms with Crippen LogP contribution in [-0.2, 0) is 11.3 Å². The Balaban J connectivity index is 1.61. The lowest BCUT2D eigenvalue weighted by Gasteiger charge is -2.45. The summed E-state index contributed by atoms with van der Waals surface area (Å²) in [5.41, 5.74) is 2.82. The number of hydrogen-bond acceptors (Lipinski definition) is 3. The zero-order valence-corrected chi connectivity index (χ0v) is 16.6. The van der Waals surface area contributed by atoms with Crippen molar-refractivity contribution in [3.05, 3.63) is 35.4 Å². The first-order chi connectivity index (χ1) is 12.6. The fraction of sp³-hybridized carbons (Fsp3) is 0.667. The third-order valence-electron chi connectivity index (χ3n) is 5.89. The number of benzene rings is 1. The summed E-state index contributed by atoms with van der Waals surface area (Å²) in [7, 11) is 3.99. The zero-order valence-electron chi connectivity index (χ0n) is 16.6. The molecule has 0 aromatic heterocycles. The van der Waals surface area contributed by atoms with Crippen LogP contribution in [0.2, 0.25) is 0 Å². The number of guanidine groups is 1. The molecule has 0 bridgehead atoms. The van der Waals surface area contributed by atoms with Crippen molar-refractivity contribution < 1.29 is 4.74 Å². The van der Waals surface area contributed by atoms with E-state index in [1.165, 1.54) is 37.1 Å². The van der Waals surface area contributed by atoms with Crippen molar-refractivity contribution in [2.24, 2.45) is 4.99 Å². The second-order valence-corrected chi connectivity index (χ2v) is 7.77. The lowest BCUT2D eigenvalue weighted by molar-refractivity contribution is -0.0166. The van der Waals surface area contributed by atoms with E-state index < -0.39 is 0 Å². The average Bonchev–Trinajstić information content (AvgIpc) is 3.20. The highest BCUT2D eigenvalue weighted by Gasteiger charge is 2.39. The Labute approximate surface area is 158 Å². The molecule has 5 nitrogen and oxygen atoms in total. The van der Waals surface area contributed by atoms with E-state index in [2.05, 4.69) is 58.3 Å². The first-order valence-electron chi connectivity index (χ1n) is 9.93. The van der Waals surface area contributed by atoms with E-state index >= 15 is 0 Å². The number of nitrogens with one attached hydrogen (secondary N) is 1. The van der Waals surface area contributed by atoms with Crippen molar-refractivity contribution in [2.45, 2.75) is 44.7 Å². The van der Waals surface area contributed by atoms with Gasteiger partial charge in [0.05, 0.1) is 0 Å². The van der Waals surface area contributed by atoms with Gasteiger partial charge in [0.1, 0.15) is 0 Å². The third kappa shape index (κ3) is 4.57. The van der Waals surface area contributed by atoms with Gasteiger partial charge < -0.3 is 15.0 Å². The number of aryl methyl sites for hydroxylation is 1. The SMILES string of the molecule is CN=C(NCC1(N2CCCC2)CCOCC1)N(C)Cc1ccc(C)cc1. The van der Waals surface area contributed by atoms with Crippen LogP contribution >= 0.6 is 0 Å². The maximum atomic E-state index is 5.66. The summed E-state index contributed by atoms with van der Waals surface area (Å²) < 4.78 is 5.66. The first-order valence-corrected chi connectivity index (χ1v) is 9.93. The largest absolute Gasteiger partial charge is 0.381 e. The van der Waals surface area contributed by atoms with Gasteiger partial charge >= 0.3 is 0 Å². The molecule has 0 aliphatic carbocycles. The lowest BCUT2D eigenvalue weighted by Crippen LogP contribution is -2.58. The topological polar surface area (TPSA) is 40.1 Å². The predicted molar refractivity (Wildman–Crippen MR) is 108 cm³/mol. The van der Waals surface area contributed by atoms with Crippen molar-refractivity contribution >= 4 is 5.96 Å².